The van der Waals surface area contributed by atoms with E-state index in [0.717, 1.165) is 12.2 Å². The molecule has 0 unspecified atom stereocenters. The van der Waals surface area contributed by atoms with Crippen molar-refractivity contribution in [1.29, 1.82) is 0 Å². The highest BCUT2D eigenvalue weighted by molar-refractivity contribution is 5.99. The van der Waals surface area contributed by atoms with Gasteiger partial charge in [0, 0.05) is 12.2 Å². The smallest absolute Gasteiger partial charge is 0.338 e. The third-order valence-corrected chi connectivity index (χ3v) is 3.23. The van der Waals surface area contributed by atoms with Crippen LogP contribution in [0.1, 0.15) is 11.1 Å². The van der Waals surface area contributed by atoms with Gasteiger partial charge in [-0.15, -0.1) is 0 Å². The summed E-state index contributed by atoms with van der Waals surface area (Å²) in [5, 5.41) is 28.1. The van der Waals surface area contributed by atoms with E-state index < -0.39 is 11.9 Å². The van der Waals surface area contributed by atoms with Crippen molar-refractivity contribution in [3.8, 4) is 23.0 Å². The Morgan fingerprint density at radius 2 is 1.35 bits per heavy atom. The fraction of sp³-hybridized carbons (Fsp3) is 0.0526. The van der Waals surface area contributed by atoms with Crippen LogP contribution >= 0.6 is 0 Å². The van der Waals surface area contributed by atoms with Crippen molar-refractivity contribution in [3.63, 3.8) is 0 Å². The molecule has 7 heteroatoms. The lowest BCUT2D eigenvalue weighted by Gasteiger charge is -2.03. The summed E-state index contributed by atoms with van der Waals surface area (Å²) in [7, 11) is 1.40. The average molecular weight is 356 g/mol. The first-order valence-electron chi connectivity index (χ1n) is 7.40. The van der Waals surface area contributed by atoms with Crippen molar-refractivity contribution in [2.75, 3.05) is 7.11 Å². The topological polar surface area (TPSA) is 113 Å². The lowest BCUT2D eigenvalue weighted by atomic mass is 10.2. The Bertz CT molecular complexity index is 881. The van der Waals surface area contributed by atoms with E-state index in [4.69, 9.17) is 4.74 Å². The number of carbonyl (C=O) groups is 2. The quantitative estimate of drug-likeness (QED) is 0.327. The SMILES string of the molecule is COc1cc(C=CC(=O)OC(=O)/C=C/c2ccc(O)c(O)c2)ccc1O. The van der Waals surface area contributed by atoms with E-state index in [1.165, 1.54) is 49.6 Å². The molecule has 0 aliphatic carbocycles. The first kappa shape index (κ1) is 18.6. The maximum atomic E-state index is 11.6. The third kappa shape index (κ3) is 5.13. The molecule has 0 aliphatic rings. The molecule has 0 aliphatic heterocycles. The molecule has 0 saturated carbocycles. The number of phenols is 3. The van der Waals surface area contributed by atoms with Gasteiger partial charge >= 0.3 is 11.9 Å². The van der Waals surface area contributed by atoms with E-state index in [1.807, 2.05) is 0 Å². The molecule has 0 saturated heterocycles. The highest BCUT2D eigenvalue weighted by atomic mass is 16.6. The summed E-state index contributed by atoms with van der Waals surface area (Å²) in [4.78, 5) is 23.2. The van der Waals surface area contributed by atoms with Gasteiger partial charge in [-0.05, 0) is 47.5 Å². The summed E-state index contributed by atoms with van der Waals surface area (Å²) in [6.45, 7) is 0. The Morgan fingerprint density at radius 1 is 0.808 bits per heavy atom. The average Bonchev–Trinajstić information content (AvgIpc) is 2.62. The molecule has 0 bridgehead atoms. The van der Waals surface area contributed by atoms with E-state index in [2.05, 4.69) is 4.74 Å². The predicted molar refractivity (Wildman–Crippen MR) is 93.6 cm³/mol. The second-order valence-electron chi connectivity index (χ2n) is 5.09. The van der Waals surface area contributed by atoms with E-state index >= 15 is 0 Å². The molecule has 3 N–H and O–H groups in total. The lowest BCUT2D eigenvalue weighted by molar-refractivity contribution is -0.152. The molecule has 0 heterocycles. The summed E-state index contributed by atoms with van der Waals surface area (Å²) in [6, 6.07) is 8.46. The molecule has 0 atom stereocenters. The summed E-state index contributed by atoms with van der Waals surface area (Å²) < 4.78 is 9.53. The van der Waals surface area contributed by atoms with Gasteiger partial charge in [-0.1, -0.05) is 12.1 Å². The van der Waals surface area contributed by atoms with Crippen molar-refractivity contribution in [2.45, 2.75) is 0 Å². The molecule has 26 heavy (non-hydrogen) atoms. The number of benzene rings is 2. The van der Waals surface area contributed by atoms with Crippen molar-refractivity contribution >= 4 is 24.1 Å². The van der Waals surface area contributed by atoms with E-state index in [1.54, 1.807) is 6.07 Å². The van der Waals surface area contributed by atoms with Gasteiger partial charge in [0.25, 0.3) is 0 Å². The Labute approximate surface area is 149 Å². The van der Waals surface area contributed by atoms with Gasteiger partial charge in [-0.2, -0.15) is 0 Å². The van der Waals surface area contributed by atoms with Crippen molar-refractivity contribution in [1.82, 2.24) is 0 Å². The van der Waals surface area contributed by atoms with Gasteiger partial charge < -0.3 is 24.8 Å². The second-order valence-corrected chi connectivity index (χ2v) is 5.09. The van der Waals surface area contributed by atoms with Crippen LogP contribution in [0, 0.1) is 0 Å². The molecule has 2 aromatic carbocycles. The molecule has 7 nitrogen and oxygen atoms in total. The molecule has 0 spiro atoms. The van der Waals surface area contributed by atoms with Crippen molar-refractivity contribution in [3.05, 3.63) is 59.7 Å². The molecular formula is C19H16O7. The van der Waals surface area contributed by atoms with Crippen LogP contribution in [0.3, 0.4) is 0 Å². The predicted octanol–water partition coefficient (Wildman–Crippen LogP) is 2.61. The monoisotopic (exact) mass is 356 g/mol. The Balaban J connectivity index is 1.95. The molecule has 134 valence electrons. The van der Waals surface area contributed by atoms with Gasteiger partial charge in [-0.25, -0.2) is 9.59 Å². The highest BCUT2D eigenvalue weighted by Gasteiger charge is 2.05. The zero-order valence-electron chi connectivity index (χ0n) is 13.7. The van der Waals surface area contributed by atoms with Crippen LogP contribution in [0.4, 0.5) is 0 Å². The van der Waals surface area contributed by atoms with Crippen LogP contribution in [0.2, 0.25) is 0 Å². The molecule has 0 aromatic heterocycles. The summed E-state index contributed by atoms with van der Waals surface area (Å²) in [5.74, 6) is -2.17. The van der Waals surface area contributed by atoms with E-state index in [-0.39, 0.29) is 23.0 Å². The van der Waals surface area contributed by atoms with Crippen molar-refractivity contribution < 1.29 is 34.4 Å². The normalized spacial score (nSPS) is 11.0. The summed E-state index contributed by atoms with van der Waals surface area (Å²) in [6.07, 6.45) is 4.80. The van der Waals surface area contributed by atoms with E-state index in [9.17, 15) is 24.9 Å². The molecule has 0 amide bonds. The number of hydrogen-bond acceptors (Lipinski definition) is 7. The maximum Gasteiger partial charge on any atom is 0.338 e. The van der Waals surface area contributed by atoms with Crippen LogP contribution < -0.4 is 4.74 Å². The number of rotatable bonds is 5. The number of phenolic OH excluding ortho intramolecular Hbond substituents is 3. The maximum absolute atomic E-state index is 11.6. The number of esters is 2. The number of ether oxygens (including phenoxy) is 2. The molecular weight excluding hydrogens is 340 g/mol. The second kappa shape index (κ2) is 8.39. The van der Waals surface area contributed by atoms with Crippen LogP contribution in [0.15, 0.2) is 48.6 Å². The van der Waals surface area contributed by atoms with Crippen molar-refractivity contribution in [2.24, 2.45) is 0 Å². The largest absolute Gasteiger partial charge is 0.504 e. The van der Waals surface area contributed by atoms with Crippen LogP contribution in [0.25, 0.3) is 12.2 Å². The standard InChI is InChI=1S/C19H16O7/c1-25-17-11-13(3-7-15(17)21)5-9-19(24)26-18(23)8-4-12-2-6-14(20)16(22)10-12/h2-11,20-22H,1H3/b8-4+,9-5?. The highest BCUT2D eigenvalue weighted by Crippen LogP contribution is 2.27. The van der Waals surface area contributed by atoms with Crippen LogP contribution in [0.5, 0.6) is 23.0 Å². The Kier molecular flexibility index (Phi) is 6.00. The Morgan fingerprint density at radius 3 is 1.88 bits per heavy atom. The van der Waals surface area contributed by atoms with Crippen LogP contribution in [-0.4, -0.2) is 34.4 Å². The first-order valence-corrected chi connectivity index (χ1v) is 7.40. The summed E-state index contributed by atoms with van der Waals surface area (Å²) in [5.41, 5.74) is 1.01. The lowest BCUT2D eigenvalue weighted by Crippen LogP contribution is -2.06. The van der Waals surface area contributed by atoms with Crippen LogP contribution in [-0.2, 0) is 14.3 Å². The number of aromatic hydroxyl groups is 3. The van der Waals surface area contributed by atoms with Gasteiger partial charge in [-0.3, -0.25) is 0 Å². The fourth-order valence-electron chi connectivity index (χ4n) is 1.94. The molecule has 0 fully saturated rings. The zero-order valence-corrected chi connectivity index (χ0v) is 13.7. The number of methoxy groups -OCH3 is 1. The molecule has 2 rings (SSSR count). The molecule has 2 aromatic rings. The minimum absolute atomic E-state index is 0.0344. The van der Waals surface area contributed by atoms with E-state index in [0.29, 0.717) is 11.1 Å². The van der Waals surface area contributed by atoms with Gasteiger partial charge in [0.1, 0.15) is 0 Å². The fourth-order valence-corrected chi connectivity index (χ4v) is 1.94. The minimum atomic E-state index is -0.893. The third-order valence-electron chi connectivity index (χ3n) is 3.23. The van der Waals surface area contributed by atoms with Gasteiger partial charge in [0.05, 0.1) is 7.11 Å². The van der Waals surface area contributed by atoms with Gasteiger partial charge in [0.2, 0.25) is 0 Å². The summed E-state index contributed by atoms with van der Waals surface area (Å²) >= 11 is 0. The first-order chi connectivity index (χ1) is 12.4. The number of carbonyl (C=O) groups excluding carboxylic acids is 2. The van der Waals surface area contributed by atoms with Gasteiger partial charge in [0.15, 0.2) is 23.0 Å². The minimum Gasteiger partial charge on any atom is -0.504 e. The Hall–Kier alpha value is -3.74. The molecule has 0 radical (unpaired) electrons. The number of hydrogen-bond donors (Lipinski definition) is 3. The zero-order chi connectivity index (χ0) is 19.1.